The van der Waals surface area contributed by atoms with Crippen LogP contribution in [0, 0.1) is 6.92 Å². The summed E-state index contributed by atoms with van der Waals surface area (Å²) in [5.74, 6) is 2.16. The van der Waals surface area contributed by atoms with Crippen LogP contribution < -0.4 is 16.0 Å². The normalized spacial score (nSPS) is 11.8. The van der Waals surface area contributed by atoms with Crippen molar-refractivity contribution in [3.8, 4) is 0 Å². The van der Waals surface area contributed by atoms with Crippen molar-refractivity contribution in [1.29, 1.82) is 0 Å². The van der Waals surface area contributed by atoms with E-state index in [0.717, 1.165) is 23.6 Å². The minimum Gasteiger partial charge on any atom is -0.373 e. The Morgan fingerprint density at radius 2 is 1.89 bits per heavy atom. The van der Waals surface area contributed by atoms with Crippen molar-refractivity contribution in [3.63, 3.8) is 0 Å². The quantitative estimate of drug-likeness (QED) is 0.725. The maximum atomic E-state index is 11.5. The fourth-order valence-corrected chi connectivity index (χ4v) is 1.59. The van der Waals surface area contributed by atoms with E-state index in [2.05, 4.69) is 25.9 Å². The van der Waals surface area contributed by atoms with Crippen LogP contribution in [0.15, 0.2) is 0 Å². The van der Waals surface area contributed by atoms with Crippen LogP contribution in [0.3, 0.4) is 0 Å². The van der Waals surface area contributed by atoms with Gasteiger partial charge in [0.1, 0.15) is 23.5 Å². The van der Waals surface area contributed by atoms with Crippen LogP contribution in [-0.4, -0.2) is 36.0 Å². The first-order valence-corrected chi connectivity index (χ1v) is 6.06. The Bertz CT molecular complexity index is 433. The molecule has 6 heteroatoms. The number of amides is 1. The monoisotopic (exact) mass is 251 g/mol. The van der Waals surface area contributed by atoms with Gasteiger partial charge < -0.3 is 16.0 Å². The van der Waals surface area contributed by atoms with Crippen LogP contribution in [0.2, 0.25) is 0 Å². The zero-order chi connectivity index (χ0) is 13.7. The number of hydrogen-bond acceptors (Lipinski definition) is 5. The Balaban J connectivity index is 3.03. The fourth-order valence-electron chi connectivity index (χ4n) is 1.59. The number of carbonyl (C=O) groups is 1. The summed E-state index contributed by atoms with van der Waals surface area (Å²) in [5.41, 5.74) is 0.908. The number of aromatic nitrogens is 2. The van der Waals surface area contributed by atoms with Crippen LogP contribution in [0.25, 0.3) is 0 Å². The standard InChI is InChI=1S/C12H21N5O/c1-6-9-16-10(13-4)7(2)11(17-9)15-8(3)12(18)14-5/h8H,6H2,1-5H3,(H,14,18)(H2,13,15,16,17). The molecular formula is C12H21N5O. The van der Waals surface area contributed by atoms with E-state index >= 15 is 0 Å². The van der Waals surface area contributed by atoms with Gasteiger partial charge in [0, 0.05) is 26.1 Å². The highest BCUT2D eigenvalue weighted by Gasteiger charge is 2.15. The molecular weight excluding hydrogens is 230 g/mol. The number of hydrogen-bond donors (Lipinski definition) is 3. The Morgan fingerprint density at radius 3 is 2.39 bits per heavy atom. The number of aryl methyl sites for hydroxylation is 1. The van der Waals surface area contributed by atoms with Crippen LogP contribution in [0.4, 0.5) is 11.6 Å². The van der Waals surface area contributed by atoms with Gasteiger partial charge in [-0.25, -0.2) is 9.97 Å². The van der Waals surface area contributed by atoms with Crippen molar-refractivity contribution in [2.45, 2.75) is 33.2 Å². The lowest BCUT2D eigenvalue weighted by Crippen LogP contribution is -2.35. The lowest BCUT2D eigenvalue weighted by Gasteiger charge is -2.17. The molecule has 1 amide bonds. The van der Waals surface area contributed by atoms with Crippen molar-refractivity contribution in [1.82, 2.24) is 15.3 Å². The molecule has 1 rings (SSSR count). The van der Waals surface area contributed by atoms with Gasteiger partial charge in [-0.05, 0) is 13.8 Å². The van der Waals surface area contributed by atoms with Gasteiger partial charge in [0.2, 0.25) is 5.91 Å². The van der Waals surface area contributed by atoms with Gasteiger partial charge in [-0.15, -0.1) is 0 Å². The summed E-state index contributed by atoms with van der Waals surface area (Å²) in [6.45, 7) is 5.71. The summed E-state index contributed by atoms with van der Waals surface area (Å²) in [5, 5.41) is 8.74. The lowest BCUT2D eigenvalue weighted by molar-refractivity contribution is -0.121. The Hall–Kier alpha value is -1.85. The highest BCUT2D eigenvalue weighted by atomic mass is 16.2. The second-order valence-electron chi connectivity index (χ2n) is 4.05. The van der Waals surface area contributed by atoms with Crippen molar-refractivity contribution in [2.75, 3.05) is 24.7 Å². The van der Waals surface area contributed by atoms with Gasteiger partial charge in [-0.1, -0.05) is 6.92 Å². The zero-order valence-corrected chi connectivity index (χ0v) is 11.6. The molecule has 0 aliphatic carbocycles. The predicted octanol–water partition coefficient (Wildman–Crippen LogP) is 0.936. The van der Waals surface area contributed by atoms with Gasteiger partial charge in [0.25, 0.3) is 0 Å². The minimum absolute atomic E-state index is 0.0722. The minimum atomic E-state index is -0.335. The van der Waals surface area contributed by atoms with Gasteiger partial charge in [-0.2, -0.15) is 0 Å². The molecule has 0 radical (unpaired) electrons. The molecule has 3 N–H and O–H groups in total. The first-order valence-electron chi connectivity index (χ1n) is 6.06. The summed E-state index contributed by atoms with van der Waals surface area (Å²) in [6.07, 6.45) is 0.748. The summed E-state index contributed by atoms with van der Waals surface area (Å²) in [4.78, 5) is 20.3. The summed E-state index contributed by atoms with van der Waals surface area (Å²) in [6, 6.07) is -0.335. The first kappa shape index (κ1) is 14.2. The Kier molecular flexibility index (Phi) is 4.88. The highest BCUT2D eigenvalue weighted by Crippen LogP contribution is 2.20. The van der Waals surface area contributed by atoms with Gasteiger partial charge in [0.15, 0.2) is 0 Å². The molecule has 0 spiro atoms. The molecule has 0 aromatic carbocycles. The molecule has 0 fully saturated rings. The molecule has 100 valence electrons. The molecule has 1 aromatic rings. The zero-order valence-electron chi connectivity index (χ0n) is 11.6. The molecule has 0 bridgehead atoms. The second kappa shape index (κ2) is 6.18. The predicted molar refractivity (Wildman–Crippen MR) is 72.8 cm³/mol. The van der Waals surface area contributed by atoms with Gasteiger partial charge in [-0.3, -0.25) is 4.79 Å². The van der Waals surface area contributed by atoms with E-state index < -0.39 is 0 Å². The first-order chi connectivity index (χ1) is 8.53. The molecule has 0 aliphatic rings. The Morgan fingerprint density at radius 1 is 1.28 bits per heavy atom. The summed E-state index contributed by atoms with van der Waals surface area (Å²) in [7, 11) is 3.44. The van der Waals surface area contributed by atoms with Crippen LogP contribution >= 0.6 is 0 Å². The smallest absolute Gasteiger partial charge is 0.241 e. The van der Waals surface area contributed by atoms with E-state index in [4.69, 9.17) is 0 Å². The number of rotatable bonds is 5. The second-order valence-corrected chi connectivity index (χ2v) is 4.05. The third-order valence-corrected chi connectivity index (χ3v) is 2.74. The van der Waals surface area contributed by atoms with Crippen molar-refractivity contribution in [2.24, 2.45) is 0 Å². The Labute approximate surface area is 108 Å². The number of nitrogens with one attached hydrogen (secondary N) is 3. The van der Waals surface area contributed by atoms with E-state index in [0.29, 0.717) is 5.82 Å². The average Bonchev–Trinajstić information content (AvgIpc) is 2.39. The van der Waals surface area contributed by atoms with Crippen molar-refractivity contribution >= 4 is 17.5 Å². The number of anilines is 2. The largest absolute Gasteiger partial charge is 0.373 e. The van der Waals surface area contributed by atoms with Crippen molar-refractivity contribution in [3.05, 3.63) is 11.4 Å². The van der Waals surface area contributed by atoms with E-state index in [1.54, 1.807) is 14.0 Å². The molecule has 0 aliphatic heterocycles. The molecule has 0 saturated carbocycles. The van der Waals surface area contributed by atoms with Crippen molar-refractivity contribution < 1.29 is 4.79 Å². The van der Waals surface area contributed by atoms with E-state index in [9.17, 15) is 4.79 Å². The topological polar surface area (TPSA) is 78.9 Å². The average molecular weight is 251 g/mol. The molecule has 1 unspecified atom stereocenters. The van der Waals surface area contributed by atoms with Crippen LogP contribution in [-0.2, 0) is 11.2 Å². The summed E-state index contributed by atoms with van der Waals surface area (Å²) < 4.78 is 0. The molecule has 1 heterocycles. The van der Waals surface area contributed by atoms with Crippen LogP contribution in [0.5, 0.6) is 0 Å². The fraction of sp³-hybridized carbons (Fsp3) is 0.583. The van der Waals surface area contributed by atoms with E-state index in [1.165, 1.54) is 0 Å². The van der Waals surface area contributed by atoms with Gasteiger partial charge in [0.05, 0.1) is 0 Å². The van der Waals surface area contributed by atoms with E-state index in [-0.39, 0.29) is 11.9 Å². The third-order valence-electron chi connectivity index (χ3n) is 2.74. The molecule has 1 aromatic heterocycles. The number of nitrogens with zero attached hydrogens (tertiary/aromatic N) is 2. The molecule has 0 saturated heterocycles. The molecule has 18 heavy (non-hydrogen) atoms. The number of carbonyl (C=O) groups excluding carboxylic acids is 1. The van der Waals surface area contributed by atoms with Crippen LogP contribution in [0.1, 0.15) is 25.2 Å². The molecule has 6 nitrogen and oxygen atoms in total. The maximum absolute atomic E-state index is 11.5. The lowest BCUT2D eigenvalue weighted by atomic mass is 10.2. The summed E-state index contributed by atoms with van der Waals surface area (Å²) >= 11 is 0. The maximum Gasteiger partial charge on any atom is 0.241 e. The highest BCUT2D eigenvalue weighted by molar-refractivity contribution is 5.84. The van der Waals surface area contributed by atoms with E-state index in [1.807, 2.05) is 20.9 Å². The number of likely N-dealkylation sites (N-methyl/N-ethyl adjacent to an activating group) is 1. The molecule has 1 atom stereocenters. The third kappa shape index (κ3) is 3.09. The SMILES string of the molecule is CCc1nc(NC)c(C)c(NC(C)C(=O)NC)n1. The van der Waals surface area contributed by atoms with Gasteiger partial charge >= 0.3 is 0 Å².